The van der Waals surface area contributed by atoms with Crippen molar-refractivity contribution in [3.63, 3.8) is 0 Å². The Bertz CT molecular complexity index is 3420. The number of hydrogen-bond acceptors (Lipinski definition) is 11. The first-order valence-corrected chi connectivity index (χ1v) is 26.8. The Morgan fingerprint density at radius 2 is 1.11 bits per heavy atom. The highest BCUT2D eigenvalue weighted by Gasteiger charge is 2.28. The topological polar surface area (TPSA) is 211 Å². The fourth-order valence-corrected chi connectivity index (χ4v) is 10.0. The Labute approximate surface area is 420 Å². The van der Waals surface area contributed by atoms with Gasteiger partial charge in [-0.3, -0.25) is 22.8 Å². The molecule has 7 aromatic rings. The number of carbonyl (C=O) groups excluding carboxylic acids is 2. The van der Waals surface area contributed by atoms with Crippen LogP contribution in [0.25, 0.3) is 44.6 Å². The second-order valence-electron chi connectivity index (χ2n) is 14.9. The van der Waals surface area contributed by atoms with Crippen molar-refractivity contribution in [3.05, 3.63) is 134 Å². The maximum Gasteiger partial charge on any atom is 0.297 e. The zero-order valence-corrected chi connectivity index (χ0v) is 43.1. The molecule has 2 heterocycles. The smallest absolute Gasteiger partial charge is 0.297 e. The fraction of sp³-hybridized carbons (Fsp3) is 0.200. The number of halogens is 8. The molecule has 26 heteroatoms. The normalized spacial score (nSPS) is 11.8. The number of nitrogens with one attached hydrogen (secondary N) is 3. The van der Waals surface area contributed by atoms with Crippen LogP contribution in [0.15, 0.2) is 120 Å². The Morgan fingerprint density at radius 1 is 0.662 bits per heavy atom. The van der Waals surface area contributed by atoms with Crippen molar-refractivity contribution in [1.82, 2.24) is 10.6 Å². The number of amides is 2. The lowest BCUT2D eigenvalue weighted by atomic mass is 10.0. The third-order valence-electron chi connectivity index (χ3n) is 9.58. The molecule has 0 fully saturated rings. The van der Waals surface area contributed by atoms with Gasteiger partial charge < -0.3 is 19.5 Å². The number of rotatable bonds is 14. The molecule has 2 aromatic heterocycles. The van der Waals surface area contributed by atoms with Gasteiger partial charge in [0.25, 0.3) is 34.8 Å². The third-order valence-corrected chi connectivity index (χ3v) is 13.9. The van der Waals surface area contributed by atoms with Crippen LogP contribution in [0.1, 0.15) is 26.3 Å². The molecule has 380 valence electrons. The first-order chi connectivity index (χ1) is 33.1. The van der Waals surface area contributed by atoms with E-state index >= 15 is 0 Å². The quantitative estimate of drug-likeness (QED) is 0.0689. The Hall–Kier alpha value is -5.93. The maximum atomic E-state index is 13.3. The number of sulfonamides is 2. The summed E-state index contributed by atoms with van der Waals surface area (Å²) in [5, 5.41) is 5.87. The minimum Gasteiger partial charge on any atom is -0.455 e. The van der Waals surface area contributed by atoms with E-state index in [4.69, 9.17) is 8.83 Å². The van der Waals surface area contributed by atoms with Gasteiger partial charge in [-0.05, 0) is 112 Å². The summed E-state index contributed by atoms with van der Waals surface area (Å²) in [5.74, 6) is -1.35. The van der Waals surface area contributed by atoms with E-state index < -0.39 is 73.7 Å². The molecular formula is C45H40Br2F6N4O11S3. The highest BCUT2D eigenvalue weighted by Crippen LogP contribution is 2.41. The summed E-state index contributed by atoms with van der Waals surface area (Å²) < 4.78 is 165. The highest BCUT2D eigenvalue weighted by molar-refractivity contribution is 9.11. The van der Waals surface area contributed by atoms with Crippen molar-refractivity contribution in [2.24, 2.45) is 0 Å². The minimum atomic E-state index is -4.05. The molecule has 5 aromatic carbocycles. The molecule has 0 radical (unpaired) electrons. The Balaban J connectivity index is 0.000000209. The summed E-state index contributed by atoms with van der Waals surface area (Å²) in [6, 6.07) is 22.3. The number of aryl methyl sites for hydroxylation is 1. The molecule has 0 aliphatic carbocycles. The first kappa shape index (κ1) is 56.0. The molecule has 0 unspecified atom stereocenters. The molecule has 7 rings (SSSR count). The van der Waals surface area contributed by atoms with Gasteiger partial charge in [0.05, 0.1) is 46.5 Å². The van der Waals surface area contributed by atoms with E-state index in [1.54, 1.807) is 25.1 Å². The van der Waals surface area contributed by atoms with E-state index in [-0.39, 0.29) is 54.9 Å². The lowest BCUT2D eigenvalue weighted by molar-refractivity contribution is 0.0848. The van der Waals surface area contributed by atoms with E-state index in [9.17, 15) is 61.2 Å². The summed E-state index contributed by atoms with van der Waals surface area (Å²) in [7, 11) is -8.66. The van der Waals surface area contributed by atoms with Crippen molar-refractivity contribution in [2.45, 2.75) is 24.7 Å². The second kappa shape index (κ2) is 23.1. The monoisotopic (exact) mass is 1180 g/mol. The van der Waals surface area contributed by atoms with Crippen LogP contribution in [-0.2, 0) is 34.3 Å². The highest BCUT2D eigenvalue weighted by atomic mass is 79.9. The van der Waals surface area contributed by atoms with Crippen molar-refractivity contribution >= 4 is 107 Å². The van der Waals surface area contributed by atoms with Crippen molar-refractivity contribution in [1.29, 1.82) is 0 Å². The molecular weight excluding hydrogens is 1140 g/mol. The standard InChI is InChI=1S/C19H16BrF3N2O4S.C17H14BrFN2O4S.C9H10F2O3S/c1-24-19(26)17-12-7-13(20)14(25(9-16(22)23)30(2,27)28)8-15(12)29-18(17)10-3-5-11(21)6-4-10;1-20-17(22)15-11-7-12(18)13(21-26(2,23)24)8-14(11)25-16(15)9-3-5-10(19)6-4-9;1-7-2-4-8(5-3-7)15(12,13)14-6-9(10)11/h3-8,16H,9H2,1-2H3,(H,24,26);3-8,21H,1-2H3,(H,20,22);2-5,9H,6H2,1H3. The lowest BCUT2D eigenvalue weighted by Gasteiger charge is -2.23. The average molecular weight is 1180 g/mol. The first-order valence-electron chi connectivity index (χ1n) is 20.1. The number of benzene rings is 5. The van der Waals surface area contributed by atoms with Gasteiger partial charge >= 0.3 is 0 Å². The zero-order valence-electron chi connectivity index (χ0n) is 37.5. The van der Waals surface area contributed by atoms with Crippen LogP contribution < -0.4 is 19.7 Å². The SMILES string of the molecule is CNC(=O)c1c(-c2ccc(F)cc2)oc2cc(N(CC(F)F)S(C)(=O)=O)c(Br)cc12.CNC(=O)c1c(-c2ccc(F)cc2)oc2cc(NS(C)(=O)=O)c(Br)cc12.Cc1ccc(S(=O)(=O)OCC(F)F)cc1. The largest absolute Gasteiger partial charge is 0.455 e. The van der Waals surface area contributed by atoms with Gasteiger partial charge in [0.15, 0.2) is 0 Å². The molecule has 3 N–H and O–H groups in total. The van der Waals surface area contributed by atoms with Crippen LogP contribution in [0, 0.1) is 18.6 Å². The number of nitrogens with zero attached hydrogens (tertiary/aromatic N) is 1. The maximum absolute atomic E-state index is 13.3. The second-order valence-corrected chi connectivity index (χ2v) is 21.9. The molecule has 0 saturated carbocycles. The molecule has 0 atom stereocenters. The molecule has 2 amide bonds. The number of hydrogen-bond donors (Lipinski definition) is 3. The molecule has 0 aliphatic heterocycles. The predicted octanol–water partition coefficient (Wildman–Crippen LogP) is 10.1. The van der Waals surface area contributed by atoms with Crippen molar-refractivity contribution in [3.8, 4) is 22.6 Å². The van der Waals surface area contributed by atoms with E-state index in [2.05, 4.69) is 51.4 Å². The fourth-order valence-electron chi connectivity index (χ4n) is 6.45. The summed E-state index contributed by atoms with van der Waals surface area (Å²) in [4.78, 5) is 24.8. The summed E-state index contributed by atoms with van der Waals surface area (Å²) in [6.07, 6.45) is -3.86. The van der Waals surface area contributed by atoms with Gasteiger partial charge in [-0.1, -0.05) is 17.7 Å². The predicted molar refractivity (Wildman–Crippen MR) is 262 cm³/mol. The summed E-state index contributed by atoms with van der Waals surface area (Å²) >= 11 is 6.51. The number of anilines is 2. The van der Waals surface area contributed by atoms with Gasteiger partial charge in [0.1, 0.15) is 40.9 Å². The average Bonchev–Trinajstić information content (AvgIpc) is 3.85. The molecule has 71 heavy (non-hydrogen) atoms. The van der Waals surface area contributed by atoms with Gasteiger partial charge in [-0.15, -0.1) is 0 Å². The Kier molecular flexibility index (Phi) is 18.2. The van der Waals surface area contributed by atoms with E-state index in [1.807, 2.05) is 0 Å². The minimum absolute atomic E-state index is 0.0619. The van der Waals surface area contributed by atoms with E-state index in [0.29, 0.717) is 36.3 Å². The molecule has 0 saturated heterocycles. The molecule has 0 bridgehead atoms. The van der Waals surface area contributed by atoms with Gasteiger partial charge in [0, 0.05) is 57.1 Å². The molecule has 15 nitrogen and oxygen atoms in total. The van der Waals surface area contributed by atoms with Gasteiger partial charge in [0.2, 0.25) is 20.0 Å². The molecule has 0 aliphatic rings. The third kappa shape index (κ3) is 14.4. The van der Waals surface area contributed by atoms with Crippen LogP contribution in [0.4, 0.5) is 37.7 Å². The van der Waals surface area contributed by atoms with Crippen LogP contribution >= 0.6 is 31.9 Å². The lowest BCUT2D eigenvalue weighted by Crippen LogP contribution is -2.34. The van der Waals surface area contributed by atoms with Gasteiger partial charge in [-0.2, -0.15) is 8.42 Å². The van der Waals surface area contributed by atoms with Crippen molar-refractivity contribution in [2.75, 3.05) is 48.8 Å². The number of carbonyl (C=O) groups is 2. The van der Waals surface area contributed by atoms with Crippen LogP contribution in [-0.4, -0.2) is 89.7 Å². The summed E-state index contributed by atoms with van der Waals surface area (Å²) in [6.45, 7) is -0.372. The van der Waals surface area contributed by atoms with E-state index in [1.165, 1.54) is 93.0 Å². The van der Waals surface area contributed by atoms with Crippen molar-refractivity contribution < 1.29 is 74.2 Å². The van der Waals surface area contributed by atoms with E-state index in [0.717, 1.165) is 18.1 Å². The Morgan fingerprint density at radius 3 is 1.52 bits per heavy atom. The zero-order chi connectivity index (χ0) is 52.7. The molecule has 0 spiro atoms. The number of alkyl halides is 4. The van der Waals surface area contributed by atoms with Crippen LogP contribution in [0.5, 0.6) is 0 Å². The number of furan rings is 2. The van der Waals surface area contributed by atoms with Crippen LogP contribution in [0.2, 0.25) is 0 Å². The number of fused-ring (bicyclic) bond motifs is 2. The van der Waals surface area contributed by atoms with Crippen LogP contribution in [0.3, 0.4) is 0 Å². The summed E-state index contributed by atoms with van der Waals surface area (Å²) in [5.41, 5.74) is 2.88. The van der Waals surface area contributed by atoms with Gasteiger partial charge in [-0.25, -0.2) is 43.2 Å².